The van der Waals surface area contributed by atoms with Crippen molar-refractivity contribution in [1.82, 2.24) is 24.1 Å². The lowest BCUT2D eigenvalue weighted by molar-refractivity contribution is 0.298. The molecule has 0 bridgehead atoms. The molecule has 0 aliphatic heterocycles. The Balaban J connectivity index is 1.35. The van der Waals surface area contributed by atoms with E-state index in [-0.39, 0.29) is 0 Å². The van der Waals surface area contributed by atoms with Crippen molar-refractivity contribution in [1.29, 1.82) is 0 Å². The summed E-state index contributed by atoms with van der Waals surface area (Å²) in [6.07, 6.45) is 12.2. The van der Waals surface area contributed by atoms with Crippen LogP contribution in [0.2, 0.25) is 0 Å². The van der Waals surface area contributed by atoms with Gasteiger partial charge in [0.2, 0.25) is 10.2 Å². The lowest BCUT2D eigenvalue weighted by Gasteiger charge is -2.08. The second-order valence-corrected chi connectivity index (χ2v) is 9.75. The Morgan fingerprint density at radius 1 is 1.06 bits per heavy atom. The standard InChI is InChI=1S/C24H21N5O3S/c1-33(30,31)22-4-2-3-19(13-22)23-15-27-29-16-20(14-26-24(23)29)18-5-7-21(8-6-18)32-12-11-28-10-9-25-17-28/h2-10,13-17H,11-12H2,1H3/p+1. The molecule has 0 aliphatic rings. The lowest BCUT2D eigenvalue weighted by atomic mass is 10.1. The third-order valence-corrected chi connectivity index (χ3v) is 6.43. The van der Waals surface area contributed by atoms with Gasteiger partial charge in [0.25, 0.3) is 0 Å². The number of imidazole rings is 1. The van der Waals surface area contributed by atoms with Gasteiger partial charge in [-0.25, -0.2) is 14.5 Å². The summed E-state index contributed by atoms with van der Waals surface area (Å²) in [6.45, 7) is 1.30. The Morgan fingerprint density at radius 3 is 2.67 bits per heavy atom. The van der Waals surface area contributed by atoms with E-state index in [9.17, 15) is 8.76 Å². The van der Waals surface area contributed by atoms with Gasteiger partial charge in [0.15, 0.2) is 10.5 Å². The minimum atomic E-state index is -3.05. The number of hydrogen-bond donors (Lipinski definition) is 1. The van der Waals surface area contributed by atoms with Crippen LogP contribution < -0.4 is 4.74 Å². The molecule has 8 nitrogen and oxygen atoms in total. The monoisotopic (exact) mass is 460 g/mol. The molecule has 9 heteroatoms. The van der Waals surface area contributed by atoms with Crippen molar-refractivity contribution in [3.63, 3.8) is 0 Å². The molecule has 5 aromatic rings. The molecule has 3 aromatic heterocycles. The van der Waals surface area contributed by atoms with Gasteiger partial charge in [-0.1, -0.05) is 28.5 Å². The average Bonchev–Trinajstić information content (AvgIpc) is 3.49. The Morgan fingerprint density at radius 2 is 1.91 bits per heavy atom. The van der Waals surface area contributed by atoms with Crippen LogP contribution in [0.1, 0.15) is 0 Å². The molecule has 1 atom stereocenters. The predicted octanol–water partition coefficient (Wildman–Crippen LogP) is 4.30. The van der Waals surface area contributed by atoms with Gasteiger partial charge in [-0.05, 0) is 29.3 Å². The first-order chi connectivity index (χ1) is 16.0. The molecule has 0 aliphatic carbocycles. The van der Waals surface area contributed by atoms with Crippen LogP contribution >= 0.6 is 0 Å². The zero-order valence-corrected chi connectivity index (χ0v) is 18.7. The fourth-order valence-electron chi connectivity index (χ4n) is 3.56. The Hall–Kier alpha value is -3.82. The summed E-state index contributed by atoms with van der Waals surface area (Å²) >= 11 is 0. The normalized spacial score (nSPS) is 13.2. The first kappa shape index (κ1) is 21.0. The molecule has 0 amide bonds. The zero-order chi connectivity index (χ0) is 22.8. The summed E-state index contributed by atoms with van der Waals surface area (Å²) in [6, 6.07) is 14.8. The van der Waals surface area contributed by atoms with Crippen molar-refractivity contribution in [2.45, 2.75) is 11.4 Å². The van der Waals surface area contributed by atoms with Crippen LogP contribution in [0.4, 0.5) is 0 Å². The molecule has 166 valence electrons. The van der Waals surface area contributed by atoms with Crippen molar-refractivity contribution in [2.75, 3.05) is 12.9 Å². The maximum absolute atomic E-state index is 12.0. The van der Waals surface area contributed by atoms with Gasteiger partial charge in [0.1, 0.15) is 18.6 Å². The quantitative estimate of drug-likeness (QED) is 0.364. The van der Waals surface area contributed by atoms with Crippen molar-refractivity contribution in [3.05, 3.63) is 85.8 Å². The van der Waals surface area contributed by atoms with Gasteiger partial charge in [-0.3, -0.25) is 0 Å². The van der Waals surface area contributed by atoms with Crippen LogP contribution in [0.5, 0.6) is 5.75 Å². The number of nitrogens with zero attached hydrogens (tertiary/aromatic N) is 5. The summed E-state index contributed by atoms with van der Waals surface area (Å²) in [5.74, 6) is 0.797. The summed E-state index contributed by atoms with van der Waals surface area (Å²) in [7, 11) is -3.05. The van der Waals surface area contributed by atoms with E-state index in [0.717, 1.165) is 34.5 Å². The second-order valence-electron chi connectivity index (χ2n) is 7.67. The zero-order valence-electron chi connectivity index (χ0n) is 17.9. The van der Waals surface area contributed by atoms with Gasteiger partial charge < -0.3 is 9.30 Å². The molecule has 0 radical (unpaired) electrons. The largest absolute Gasteiger partial charge is 0.492 e. The maximum atomic E-state index is 12.0. The van der Waals surface area contributed by atoms with Crippen LogP contribution in [0, 0.1) is 0 Å². The molecule has 1 unspecified atom stereocenters. The van der Waals surface area contributed by atoms with Gasteiger partial charge in [-0.2, -0.15) is 9.65 Å². The number of fused-ring (bicyclic) bond motifs is 1. The molecule has 33 heavy (non-hydrogen) atoms. The maximum Gasteiger partial charge on any atom is 0.244 e. The van der Waals surface area contributed by atoms with Crippen LogP contribution in [-0.2, 0) is 21.0 Å². The van der Waals surface area contributed by atoms with E-state index in [0.29, 0.717) is 17.1 Å². The molecular formula is C24H22N5O3S+. The topological polar surface area (TPSA) is 94.5 Å². The molecule has 0 fully saturated rings. The third-order valence-electron chi connectivity index (χ3n) is 5.30. The summed E-state index contributed by atoms with van der Waals surface area (Å²) in [5, 5.41) is 4.44. The minimum absolute atomic E-state index is 0.378. The first-order valence-electron chi connectivity index (χ1n) is 10.3. The van der Waals surface area contributed by atoms with E-state index >= 15 is 0 Å². The second kappa shape index (κ2) is 8.61. The fraction of sp³-hybridized carbons (Fsp3) is 0.125. The highest BCUT2D eigenvalue weighted by Gasteiger charge is 2.22. The van der Waals surface area contributed by atoms with Crippen molar-refractivity contribution >= 4 is 15.9 Å². The summed E-state index contributed by atoms with van der Waals surface area (Å²) in [4.78, 5) is 9.01. The van der Waals surface area contributed by atoms with E-state index in [2.05, 4.69) is 15.1 Å². The highest BCUT2D eigenvalue weighted by molar-refractivity contribution is 7.97. The lowest BCUT2D eigenvalue weighted by Crippen LogP contribution is -2.06. The van der Waals surface area contributed by atoms with Crippen LogP contribution in [-0.4, -0.2) is 41.6 Å². The first-order valence-corrected chi connectivity index (χ1v) is 12.2. The van der Waals surface area contributed by atoms with E-state index in [1.165, 1.54) is 6.26 Å². The van der Waals surface area contributed by atoms with Gasteiger partial charge in [0.05, 0.1) is 19.1 Å². The van der Waals surface area contributed by atoms with Crippen LogP contribution in [0.3, 0.4) is 0 Å². The number of aromatic nitrogens is 5. The molecule has 3 heterocycles. The average molecular weight is 461 g/mol. The Kier molecular flexibility index (Phi) is 5.49. The highest BCUT2D eigenvalue weighted by atomic mass is 32.3. The van der Waals surface area contributed by atoms with E-state index < -0.39 is 10.2 Å². The van der Waals surface area contributed by atoms with E-state index in [1.54, 1.807) is 47.6 Å². The SMILES string of the molecule is C[S+](=O)(O)c1cccc(-c2cnn3cc(-c4ccc(OCCn5ccnc5)cc4)cnc23)c1. The Labute approximate surface area is 191 Å². The van der Waals surface area contributed by atoms with Crippen LogP contribution in [0.15, 0.2) is 90.7 Å². The Bertz CT molecular complexity index is 1440. The molecule has 2 aromatic carbocycles. The molecular weight excluding hydrogens is 438 g/mol. The molecule has 0 spiro atoms. The third kappa shape index (κ3) is 4.55. The summed E-state index contributed by atoms with van der Waals surface area (Å²) < 4.78 is 31.4. The molecule has 0 saturated heterocycles. The number of rotatable bonds is 7. The van der Waals surface area contributed by atoms with Gasteiger partial charge >= 0.3 is 0 Å². The molecule has 5 rings (SSSR count). The number of benzene rings is 2. The van der Waals surface area contributed by atoms with E-state index in [4.69, 9.17) is 4.74 Å². The molecule has 1 N–H and O–H groups in total. The minimum Gasteiger partial charge on any atom is -0.492 e. The van der Waals surface area contributed by atoms with Gasteiger partial charge in [-0.15, -0.1) is 0 Å². The summed E-state index contributed by atoms with van der Waals surface area (Å²) in [5.41, 5.74) is 4.19. The van der Waals surface area contributed by atoms with Crippen molar-refractivity contribution in [2.24, 2.45) is 0 Å². The van der Waals surface area contributed by atoms with E-state index in [1.807, 2.05) is 47.3 Å². The number of ether oxygens (including phenoxy) is 1. The molecule has 0 saturated carbocycles. The van der Waals surface area contributed by atoms with Gasteiger partial charge in [0, 0.05) is 42.0 Å². The fourth-order valence-corrected chi connectivity index (χ4v) is 4.23. The van der Waals surface area contributed by atoms with Crippen molar-refractivity contribution < 1.29 is 13.5 Å². The van der Waals surface area contributed by atoms with Crippen molar-refractivity contribution in [3.8, 4) is 28.0 Å². The highest BCUT2D eigenvalue weighted by Crippen LogP contribution is 2.28. The van der Waals surface area contributed by atoms with Crippen LogP contribution in [0.25, 0.3) is 27.9 Å². The predicted molar refractivity (Wildman–Crippen MR) is 126 cm³/mol. The number of hydrogen-bond acceptors (Lipinski definition) is 5. The smallest absolute Gasteiger partial charge is 0.244 e.